The third-order valence-corrected chi connectivity index (χ3v) is 4.45. The maximum Gasteiger partial charge on any atom is 0.0248 e. The number of rotatable bonds is 5. The zero-order valence-electron chi connectivity index (χ0n) is 11.3. The van der Waals surface area contributed by atoms with Crippen LogP contribution in [0.5, 0.6) is 0 Å². The minimum atomic E-state index is 0.583. The van der Waals surface area contributed by atoms with Crippen molar-refractivity contribution < 1.29 is 0 Å². The van der Waals surface area contributed by atoms with E-state index in [4.69, 9.17) is 0 Å². The largest absolute Gasteiger partial charge is 0.313 e. The molecule has 18 heavy (non-hydrogen) atoms. The lowest BCUT2D eigenvalue weighted by Gasteiger charge is -2.29. The normalized spacial score (nSPS) is 19.9. The van der Waals surface area contributed by atoms with Gasteiger partial charge >= 0.3 is 0 Å². The Balaban J connectivity index is 1.99. The highest BCUT2D eigenvalue weighted by molar-refractivity contribution is 9.10. The van der Waals surface area contributed by atoms with Crippen molar-refractivity contribution in [3.05, 3.63) is 34.3 Å². The molecular formula is C15H23BrN2. The first-order valence-electron chi connectivity index (χ1n) is 6.87. The second kappa shape index (κ2) is 6.69. The van der Waals surface area contributed by atoms with Crippen LogP contribution in [0.4, 0.5) is 0 Å². The molecule has 1 aromatic carbocycles. The first-order chi connectivity index (χ1) is 8.66. The van der Waals surface area contributed by atoms with Gasteiger partial charge in [0, 0.05) is 29.6 Å². The summed E-state index contributed by atoms with van der Waals surface area (Å²) < 4.78 is 1.22. The van der Waals surface area contributed by atoms with Crippen LogP contribution in [0.25, 0.3) is 0 Å². The molecule has 0 spiro atoms. The topological polar surface area (TPSA) is 15.3 Å². The van der Waals surface area contributed by atoms with Gasteiger partial charge in [0.25, 0.3) is 0 Å². The van der Waals surface area contributed by atoms with Crippen LogP contribution < -0.4 is 5.32 Å². The maximum atomic E-state index is 3.64. The van der Waals surface area contributed by atoms with Gasteiger partial charge in [0.1, 0.15) is 0 Å². The van der Waals surface area contributed by atoms with Crippen molar-refractivity contribution in [2.75, 3.05) is 13.1 Å². The molecule has 0 saturated carbocycles. The van der Waals surface area contributed by atoms with Crippen molar-refractivity contribution in [1.82, 2.24) is 10.2 Å². The van der Waals surface area contributed by atoms with Gasteiger partial charge in [0.05, 0.1) is 0 Å². The highest BCUT2D eigenvalue weighted by Crippen LogP contribution is 2.20. The fourth-order valence-electron chi connectivity index (χ4n) is 2.50. The van der Waals surface area contributed by atoms with Crippen molar-refractivity contribution >= 4 is 15.9 Å². The monoisotopic (exact) mass is 310 g/mol. The second-order valence-corrected chi connectivity index (χ2v) is 6.26. The summed E-state index contributed by atoms with van der Waals surface area (Å²) in [6.45, 7) is 7.93. The number of nitrogens with zero attached hydrogens (tertiary/aromatic N) is 1. The van der Waals surface area contributed by atoms with E-state index in [1.54, 1.807) is 0 Å². The van der Waals surface area contributed by atoms with Gasteiger partial charge in [-0.25, -0.2) is 0 Å². The van der Waals surface area contributed by atoms with Gasteiger partial charge in [0.15, 0.2) is 0 Å². The number of nitrogens with one attached hydrogen (secondary N) is 1. The molecule has 0 aliphatic carbocycles. The Morgan fingerprint density at radius 1 is 1.39 bits per heavy atom. The van der Waals surface area contributed by atoms with Gasteiger partial charge in [-0.05, 0) is 44.9 Å². The smallest absolute Gasteiger partial charge is 0.0248 e. The minimum Gasteiger partial charge on any atom is -0.313 e. The number of hydrogen-bond acceptors (Lipinski definition) is 2. The molecule has 1 fully saturated rings. The van der Waals surface area contributed by atoms with Gasteiger partial charge in [-0.15, -0.1) is 0 Å². The molecule has 1 N–H and O–H groups in total. The van der Waals surface area contributed by atoms with Crippen molar-refractivity contribution in [3.8, 4) is 0 Å². The summed E-state index contributed by atoms with van der Waals surface area (Å²) in [5.41, 5.74) is 1.38. The molecule has 1 aliphatic heterocycles. The predicted molar refractivity (Wildman–Crippen MR) is 80.7 cm³/mol. The Kier molecular flexibility index (Phi) is 5.22. The van der Waals surface area contributed by atoms with E-state index >= 15 is 0 Å². The predicted octanol–water partition coefficient (Wildman–Crippen LogP) is 3.41. The molecule has 0 radical (unpaired) electrons. The Hall–Kier alpha value is -0.380. The summed E-state index contributed by atoms with van der Waals surface area (Å²) in [5, 5.41) is 3.59. The lowest BCUT2D eigenvalue weighted by Crippen LogP contribution is -2.40. The van der Waals surface area contributed by atoms with E-state index in [2.05, 4.69) is 64.3 Å². The van der Waals surface area contributed by atoms with Crippen molar-refractivity contribution in [1.29, 1.82) is 0 Å². The summed E-state index contributed by atoms with van der Waals surface area (Å²) in [7, 11) is 0. The van der Waals surface area contributed by atoms with Gasteiger partial charge < -0.3 is 5.32 Å². The zero-order chi connectivity index (χ0) is 13.0. The van der Waals surface area contributed by atoms with Gasteiger partial charge in [0.2, 0.25) is 0 Å². The molecule has 2 rings (SSSR count). The molecule has 2 nitrogen and oxygen atoms in total. The molecule has 0 aromatic heterocycles. The van der Waals surface area contributed by atoms with Crippen LogP contribution in [-0.4, -0.2) is 30.1 Å². The van der Waals surface area contributed by atoms with Crippen molar-refractivity contribution in [2.45, 2.75) is 45.3 Å². The Morgan fingerprint density at radius 3 is 2.78 bits per heavy atom. The number of halogens is 1. The Morgan fingerprint density at radius 2 is 2.17 bits per heavy atom. The van der Waals surface area contributed by atoms with Gasteiger partial charge in [-0.1, -0.05) is 34.1 Å². The van der Waals surface area contributed by atoms with Crippen LogP contribution in [0.3, 0.4) is 0 Å². The molecule has 0 bridgehead atoms. The van der Waals surface area contributed by atoms with Gasteiger partial charge in [-0.3, -0.25) is 4.90 Å². The Labute approximate surface area is 119 Å². The van der Waals surface area contributed by atoms with E-state index in [1.807, 2.05) is 0 Å². The quantitative estimate of drug-likeness (QED) is 0.896. The van der Waals surface area contributed by atoms with E-state index in [-0.39, 0.29) is 0 Å². The summed E-state index contributed by atoms with van der Waals surface area (Å²) in [5.74, 6) is 0. The highest BCUT2D eigenvalue weighted by Gasteiger charge is 2.20. The van der Waals surface area contributed by atoms with Crippen LogP contribution in [0, 0.1) is 0 Å². The summed E-state index contributed by atoms with van der Waals surface area (Å²) in [6, 6.07) is 9.79. The van der Waals surface area contributed by atoms with Crippen LogP contribution in [0.15, 0.2) is 28.7 Å². The van der Waals surface area contributed by atoms with Crippen molar-refractivity contribution in [2.24, 2.45) is 0 Å². The molecule has 1 saturated heterocycles. The van der Waals surface area contributed by atoms with Gasteiger partial charge in [-0.2, -0.15) is 0 Å². The van der Waals surface area contributed by atoms with E-state index in [0.717, 1.165) is 13.1 Å². The maximum absolute atomic E-state index is 3.64. The molecule has 1 heterocycles. The number of hydrogen-bond donors (Lipinski definition) is 1. The van der Waals surface area contributed by atoms with Crippen LogP contribution in [0.2, 0.25) is 0 Å². The van der Waals surface area contributed by atoms with Crippen LogP contribution in [0.1, 0.15) is 32.3 Å². The molecule has 1 aromatic rings. The zero-order valence-corrected chi connectivity index (χ0v) is 12.9. The third kappa shape index (κ3) is 3.81. The molecule has 1 atom stereocenters. The van der Waals surface area contributed by atoms with E-state index in [1.165, 1.54) is 29.4 Å². The third-order valence-electron chi connectivity index (χ3n) is 3.68. The molecule has 1 aliphatic rings. The first kappa shape index (κ1) is 14.0. The molecule has 1 unspecified atom stereocenters. The van der Waals surface area contributed by atoms with Crippen LogP contribution >= 0.6 is 15.9 Å². The lowest BCUT2D eigenvalue weighted by molar-refractivity contribution is 0.193. The summed E-state index contributed by atoms with van der Waals surface area (Å²) in [4.78, 5) is 2.56. The van der Waals surface area contributed by atoms with E-state index in [0.29, 0.717) is 12.1 Å². The Bertz CT molecular complexity index is 373. The molecule has 0 amide bonds. The van der Waals surface area contributed by atoms with Crippen molar-refractivity contribution in [3.63, 3.8) is 0 Å². The lowest BCUT2D eigenvalue weighted by atomic mass is 10.1. The molecule has 100 valence electrons. The first-order valence-corrected chi connectivity index (χ1v) is 7.67. The fourth-order valence-corrected chi connectivity index (χ4v) is 2.91. The number of benzene rings is 1. The minimum absolute atomic E-state index is 0.583. The second-order valence-electron chi connectivity index (χ2n) is 5.41. The van der Waals surface area contributed by atoms with E-state index < -0.39 is 0 Å². The fraction of sp³-hybridized carbons (Fsp3) is 0.600. The standard InChI is InChI=1S/C15H23BrN2/c1-12(2)18(11-14-7-5-9-17-14)10-13-6-3-4-8-15(13)16/h3-4,6,8,12,14,17H,5,7,9-11H2,1-2H3. The average Bonchev–Trinajstić information content (AvgIpc) is 2.83. The van der Waals surface area contributed by atoms with E-state index in [9.17, 15) is 0 Å². The summed E-state index contributed by atoms with van der Waals surface area (Å²) >= 11 is 3.64. The summed E-state index contributed by atoms with van der Waals surface area (Å²) in [6.07, 6.45) is 2.64. The molecular weight excluding hydrogens is 288 g/mol. The average molecular weight is 311 g/mol. The van der Waals surface area contributed by atoms with Crippen LogP contribution in [-0.2, 0) is 6.54 Å². The molecule has 3 heteroatoms. The highest BCUT2D eigenvalue weighted by atomic mass is 79.9. The SMILES string of the molecule is CC(C)N(Cc1ccccc1Br)CC1CCCN1.